The Morgan fingerprint density at radius 1 is 0.541 bits per heavy atom. The van der Waals surface area contributed by atoms with E-state index in [2.05, 4.69) is 227 Å². The summed E-state index contributed by atoms with van der Waals surface area (Å²) in [5.41, 5.74) is 11.0. The molecule has 0 bridgehead atoms. The molecule has 0 fully saturated rings. The van der Waals surface area contributed by atoms with E-state index in [1.807, 2.05) is 12.3 Å². The van der Waals surface area contributed by atoms with Gasteiger partial charge in [-0.05, 0) is 91.6 Å². The van der Waals surface area contributed by atoms with Crippen LogP contribution in [0.4, 0.5) is 22.7 Å². The fraction of sp³-hybridized carbons (Fsp3) is 0.345. The summed E-state index contributed by atoms with van der Waals surface area (Å²) in [5.74, 6) is 2.12. The van der Waals surface area contributed by atoms with Gasteiger partial charge in [0, 0.05) is 61.3 Å². The topological polar surface area (TPSA) is 33.5 Å². The number of nitrogens with zero attached hydrogens (tertiary/aromatic N) is 4. The minimum Gasteiger partial charge on any atom is -0.509 e. The van der Waals surface area contributed by atoms with Crippen molar-refractivity contribution in [3.63, 3.8) is 0 Å². The molecule has 5 aromatic carbocycles. The minimum atomic E-state index is -0.157. The van der Waals surface area contributed by atoms with Gasteiger partial charge in [0.05, 0.1) is 0 Å². The smallest absolute Gasteiger partial charge is 0.135 e. The normalized spacial score (nSPS) is 13.8. The second-order valence-corrected chi connectivity index (χ2v) is 21.3. The van der Waals surface area contributed by atoms with Crippen molar-refractivity contribution in [2.45, 2.75) is 119 Å². The molecule has 0 spiro atoms. The largest absolute Gasteiger partial charge is 0.509 e. The van der Waals surface area contributed by atoms with Crippen LogP contribution >= 0.6 is 0 Å². The van der Waals surface area contributed by atoms with Gasteiger partial charge in [-0.2, -0.15) is 6.07 Å². The Morgan fingerprint density at radius 3 is 1.92 bits per heavy atom. The van der Waals surface area contributed by atoms with E-state index in [4.69, 9.17) is 9.72 Å². The van der Waals surface area contributed by atoms with Gasteiger partial charge in [-0.15, -0.1) is 53.6 Å². The van der Waals surface area contributed by atoms with Crippen LogP contribution in [0.2, 0.25) is 0 Å². The summed E-state index contributed by atoms with van der Waals surface area (Å²) in [7, 11) is 0. The molecule has 0 N–H and O–H groups in total. The van der Waals surface area contributed by atoms with Crippen LogP contribution in [0.1, 0.15) is 119 Å². The number of benzene rings is 5. The molecule has 8 rings (SSSR count). The summed E-state index contributed by atoms with van der Waals surface area (Å²) in [6.07, 6.45) is 1.94. The van der Waals surface area contributed by atoms with E-state index in [0.29, 0.717) is 11.5 Å². The average Bonchev–Trinajstić information content (AvgIpc) is 3.72. The molecule has 1 aliphatic rings. The van der Waals surface area contributed by atoms with Crippen LogP contribution in [0.15, 0.2) is 109 Å². The molecule has 6 heteroatoms. The Kier molecular flexibility index (Phi) is 11.2. The fourth-order valence-corrected chi connectivity index (χ4v) is 7.95. The number of rotatable bonds is 6. The van der Waals surface area contributed by atoms with E-state index in [-0.39, 0.29) is 48.1 Å². The van der Waals surface area contributed by atoms with E-state index < -0.39 is 0 Å². The van der Waals surface area contributed by atoms with E-state index in [9.17, 15) is 0 Å². The first-order valence-corrected chi connectivity index (χ1v) is 21.4. The predicted molar refractivity (Wildman–Crippen MR) is 253 cm³/mol. The van der Waals surface area contributed by atoms with Crippen molar-refractivity contribution in [3.05, 3.63) is 150 Å². The molecule has 0 radical (unpaired) electrons. The van der Waals surface area contributed by atoms with Crippen molar-refractivity contribution in [2.24, 2.45) is 5.41 Å². The summed E-state index contributed by atoms with van der Waals surface area (Å²) in [6, 6.07) is 44.7. The summed E-state index contributed by atoms with van der Waals surface area (Å²) in [5, 5.41) is 2.25. The third kappa shape index (κ3) is 8.28. The number of ether oxygens (including phenoxy) is 1. The molecule has 7 aromatic rings. The summed E-state index contributed by atoms with van der Waals surface area (Å²) in [6.45, 7) is 34.1. The monoisotopic (exact) mass is 988 g/mol. The van der Waals surface area contributed by atoms with Crippen LogP contribution < -0.4 is 14.5 Å². The fourth-order valence-electron chi connectivity index (χ4n) is 7.95. The number of hydrogen-bond donors (Lipinski definition) is 0. The third-order valence-electron chi connectivity index (χ3n) is 12.9. The minimum absolute atomic E-state index is 0. The molecule has 0 atom stereocenters. The molecule has 0 amide bonds. The maximum atomic E-state index is 6.86. The van der Waals surface area contributed by atoms with Crippen molar-refractivity contribution in [2.75, 3.05) is 9.80 Å². The van der Waals surface area contributed by atoms with E-state index in [1.54, 1.807) is 0 Å². The van der Waals surface area contributed by atoms with Gasteiger partial charge in [0.1, 0.15) is 5.82 Å². The zero-order valence-corrected chi connectivity index (χ0v) is 40.8. The number of anilines is 4. The SMILES string of the molecule is CC(C)(C)c1cc(Oc2[c-]c3c(cc2)c2ccccc2n3-c2cc(C(C)(C)C(C)(C)C)ccn2)[c-]c(N2[CH-]N(c3cccc(C(C)(C)C)c3)c3ccc(C(C)(C)C)cc32)c1.[Pt]. The quantitative estimate of drug-likeness (QED) is 0.156. The van der Waals surface area contributed by atoms with Crippen LogP contribution in [0, 0.1) is 24.2 Å². The Labute approximate surface area is 379 Å². The molecule has 5 nitrogen and oxygen atoms in total. The van der Waals surface area contributed by atoms with E-state index in [1.165, 1.54) is 16.7 Å². The molecular formula is C55H61N4OPt-3. The standard InChI is InChI=1S/C55H61N4O.Pt/c1-51(2,3)36-18-17-19-40(28-36)57-35-58(49-31-37(52(4,5)6)22-25-47(49)57)41-29-39(53(7,8)9)30-43(33-41)60-42-23-24-45-44-20-15-16-21-46(44)59(48(45)34-42)50-32-38(26-27-56-50)55(13,14)54(10,11)12;/h15-32,35H,1-14H3;/q-3;. The van der Waals surface area contributed by atoms with Gasteiger partial charge in [0.2, 0.25) is 0 Å². The molecule has 0 unspecified atom stereocenters. The number of pyridine rings is 1. The van der Waals surface area contributed by atoms with Crippen molar-refractivity contribution in [3.8, 4) is 17.3 Å². The second kappa shape index (κ2) is 15.5. The van der Waals surface area contributed by atoms with E-state index in [0.717, 1.165) is 55.9 Å². The Balaban J connectivity index is 0.00000561. The third-order valence-corrected chi connectivity index (χ3v) is 12.9. The first kappa shape index (κ1) is 44.2. The summed E-state index contributed by atoms with van der Waals surface area (Å²) < 4.78 is 9.09. The summed E-state index contributed by atoms with van der Waals surface area (Å²) >= 11 is 0. The van der Waals surface area contributed by atoms with Gasteiger partial charge in [0.15, 0.2) is 0 Å². The molecule has 0 saturated carbocycles. The van der Waals surface area contributed by atoms with Crippen molar-refractivity contribution < 1.29 is 25.8 Å². The van der Waals surface area contributed by atoms with Crippen LogP contribution in [-0.2, 0) is 42.7 Å². The van der Waals surface area contributed by atoms with Gasteiger partial charge < -0.3 is 19.1 Å². The first-order valence-electron chi connectivity index (χ1n) is 21.4. The zero-order valence-electron chi connectivity index (χ0n) is 38.5. The summed E-state index contributed by atoms with van der Waals surface area (Å²) in [4.78, 5) is 9.54. The number of hydrogen-bond acceptors (Lipinski definition) is 4. The Morgan fingerprint density at radius 2 is 1.23 bits per heavy atom. The first-order chi connectivity index (χ1) is 28.0. The molecule has 3 heterocycles. The van der Waals surface area contributed by atoms with Gasteiger partial charge in [-0.25, -0.2) is 4.98 Å². The Bertz CT molecular complexity index is 2750. The maximum Gasteiger partial charge on any atom is 0.135 e. The Hall–Kier alpha value is -4.86. The van der Waals surface area contributed by atoms with Crippen LogP contribution in [0.3, 0.4) is 0 Å². The molecule has 320 valence electrons. The number of aromatic nitrogens is 2. The van der Waals surface area contributed by atoms with Gasteiger partial charge in [-0.3, -0.25) is 0 Å². The van der Waals surface area contributed by atoms with E-state index >= 15 is 0 Å². The van der Waals surface area contributed by atoms with Crippen LogP contribution in [-0.4, -0.2) is 9.55 Å². The van der Waals surface area contributed by atoms with Gasteiger partial charge >= 0.3 is 0 Å². The van der Waals surface area contributed by atoms with Crippen LogP contribution in [0.5, 0.6) is 11.5 Å². The number of para-hydroxylation sites is 1. The van der Waals surface area contributed by atoms with Crippen LogP contribution in [0.25, 0.3) is 27.6 Å². The molecule has 1 aliphatic heterocycles. The van der Waals surface area contributed by atoms with Crippen molar-refractivity contribution >= 4 is 44.6 Å². The zero-order chi connectivity index (χ0) is 43.2. The van der Waals surface area contributed by atoms with Crippen molar-refractivity contribution in [1.29, 1.82) is 0 Å². The molecule has 2 aromatic heterocycles. The molecular weight excluding hydrogens is 928 g/mol. The van der Waals surface area contributed by atoms with Gasteiger partial charge in [0.25, 0.3) is 0 Å². The maximum absolute atomic E-state index is 6.86. The molecule has 61 heavy (non-hydrogen) atoms. The molecule has 0 saturated heterocycles. The average molecular weight is 989 g/mol. The van der Waals surface area contributed by atoms with Crippen molar-refractivity contribution in [1.82, 2.24) is 9.55 Å². The second-order valence-electron chi connectivity index (χ2n) is 21.3. The number of fused-ring (bicyclic) bond motifs is 4. The van der Waals surface area contributed by atoms with Gasteiger partial charge in [-0.1, -0.05) is 139 Å². The predicted octanol–water partition coefficient (Wildman–Crippen LogP) is 15.2. The molecule has 0 aliphatic carbocycles.